The highest BCUT2D eigenvalue weighted by molar-refractivity contribution is 5.37. The number of nitrogens with zero attached hydrogens (tertiary/aromatic N) is 1. The van der Waals surface area contributed by atoms with Crippen molar-refractivity contribution in [2.45, 2.75) is 31.7 Å². The van der Waals surface area contributed by atoms with E-state index in [9.17, 15) is 18.9 Å². The Hall–Kier alpha value is -1.56. The molecule has 18 heavy (non-hydrogen) atoms. The number of nitro benzene ring substituents is 1. The summed E-state index contributed by atoms with van der Waals surface area (Å²) in [6.45, 7) is 0.899. The fraction of sp³-hybridized carbons (Fsp3) is 0.500. The highest BCUT2D eigenvalue weighted by atomic mass is 19.2. The predicted octanol–water partition coefficient (Wildman–Crippen LogP) is 2.56. The molecule has 1 saturated heterocycles. The van der Waals surface area contributed by atoms with Crippen molar-refractivity contribution in [3.05, 3.63) is 39.4 Å². The molecule has 0 radical (unpaired) electrons. The van der Waals surface area contributed by atoms with Crippen LogP contribution in [0.25, 0.3) is 0 Å². The Kier molecular flexibility index (Phi) is 3.86. The van der Waals surface area contributed by atoms with Gasteiger partial charge >= 0.3 is 5.69 Å². The fourth-order valence-corrected chi connectivity index (χ4v) is 2.26. The van der Waals surface area contributed by atoms with Gasteiger partial charge in [-0.25, -0.2) is 4.39 Å². The Balaban J connectivity index is 2.20. The molecular weight excluding hydrogens is 242 g/mol. The first-order chi connectivity index (χ1) is 8.58. The molecule has 1 N–H and O–H groups in total. The van der Waals surface area contributed by atoms with Gasteiger partial charge in [0.05, 0.1) is 4.92 Å². The molecular formula is C12H14F2N2O2. The van der Waals surface area contributed by atoms with Crippen LogP contribution in [0.1, 0.15) is 24.8 Å². The summed E-state index contributed by atoms with van der Waals surface area (Å²) in [5.74, 6) is -2.55. The second-order valence-electron chi connectivity index (χ2n) is 4.52. The average Bonchev–Trinajstić information content (AvgIpc) is 2.34. The van der Waals surface area contributed by atoms with E-state index in [2.05, 4.69) is 5.32 Å². The number of piperidine rings is 1. The van der Waals surface area contributed by atoms with Gasteiger partial charge in [0.15, 0.2) is 5.82 Å². The zero-order chi connectivity index (χ0) is 13.1. The minimum atomic E-state index is -1.39. The SMILES string of the molecule is O=[N+]([O-])c1cc(CC2CCCCN2)cc(F)c1F. The maximum atomic E-state index is 13.3. The lowest BCUT2D eigenvalue weighted by Crippen LogP contribution is -2.35. The molecule has 4 nitrogen and oxygen atoms in total. The number of halogens is 2. The number of nitro groups is 1. The van der Waals surface area contributed by atoms with Crippen LogP contribution in [0.4, 0.5) is 14.5 Å². The number of hydrogen-bond acceptors (Lipinski definition) is 3. The minimum absolute atomic E-state index is 0.184. The van der Waals surface area contributed by atoms with Crippen LogP contribution in [-0.4, -0.2) is 17.5 Å². The molecule has 1 heterocycles. The summed E-state index contributed by atoms with van der Waals surface area (Å²) >= 11 is 0. The van der Waals surface area contributed by atoms with Gasteiger partial charge in [-0.2, -0.15) is 4.39 Å². The van der Waals surface area contributed by atoms with Gasteiger partial charge in [0.1, 0.15) is 0 Å². The van der Waals surface area contributed by atoms with Gasteiger partial charge < -0.3 is 5.32 Å². The van der Waals surface area contributed by atoms with Crippen molar-refractivity contribution in [1.29, 1.82) is 0 Å². The highest BCUT2D eigenvalue weighted by Gasteiger charge is 2.21. The van der Waals surface area contributed by atoms with E-state index in [1.165, 1.54) is 0 Å². The van der Waals surface area contributed by atoms with Gasteiger partial charge in [0.2, 0.25) is 5.82 Å². The van der Waals surface area contributed by atoms with E-state index in [-0.39, 0.29) is 6.04 Å². The zero-order valence-corrected chi connectivity index (χ0v) is 9.79. The van der Waals surface area contributed by atoms with Crippen LogP contribution in [0.15, 0.2) is 12.1 Å². The molecule has 0 amide bonds. The Bertz CT molecular complexity index is 460. The van der Waals surface area contributed by atoms with Crippen LogP contribution in [-0.2, 0) is 6.42 Å². The Labute approximate surface area is 103 Å². The first-order valence-corrected chi connectivity index (χ1v) is 5.93. The molecule has 1 unspecified atom stereocenters. The molecule has 1 fully saturated rings. The monoisotopic (exact) mass is 256 g/mol. The molecule has 0 spiro atoms. The molecule has 1 aliphatic rings. The maximum absolute atomic E-state index is 13.3. The van der Waals surface area contributed by atoms with E-state index in [0.717, 1.165) is 37.9 Å². The molecule has 0 aromatic heterocycles. The first kappa shape index (κ1) is 12.9. The third-order valence-electron chi connectivity index (χ3n) is 3.16. The van der Waals surface area contributed by atoms with E-state index >= 15 is 0 Å². The summed E-state index contributed by atoms with van der Waals surface area (Å²) < 4.78 is 26.4. The van der Waals surface area contributed by atoms with Crippen molar-refractivity contribution in [3.8, 4) is 0 Å². The number of nitrogens with one attached hydrogen (secondary N) is 1. The van der Waals surface area contributed by atoms with Gasteiger partial charge in [-0.05, 0) is 37.4 Å². The smallest absolute Gasteiger partial charge is 0.308 e. The minimum Gasteiger partial charge on any atom is -0.314 e. The largest absolute Gasteiger partial charge is 0.314 e. The summed E-state index contributed by atoms with van der Waals surface area (Å²) in [5.41, 5.74) is -0.333. The maximum Gasteiger partial charge on any atom is 0.308 e. The van der Waals surface area contributed by atoms with E-state index in [1.54, 1.807) is 0 Å². The molecule has 98 valence electrons. The van der Waals surface area contributed by atoms with Gasteiger partial charge in [0, 0.05) is 12.1 Å². The summed E-state index contributed by atoms with van der Waals surface area (Å²) in [7, 11) is 0. The zero-order valence-electron chi connectivity index (χ0n) is 9.79. The second kappa shape index (κ2) is 5.39. The van der Waals surface area contributed by atoms with Crippen LogP contribution in [0.3, 0.4) is 0 Å². The molecule has 0 saturated carbocycles. The molecule has 1 aromatic rings. The van der Waals surface area contributed by atoms with E-state index < -0.39 is 22.2 Å². The lowest BCUT2D eigenvalue weighted by molar-refractivity contribution is -0.387. The summed E-state index contributed by atoms with van der Waals surface area (Å²) in [4.78, 5) is 9.71. The Morgan fingerprint density at radius 3 is 2.78 bits per heavy atom. The lowest BCUT2D eigenvalue weighted by atomic mass is 9.97. The predicted molar refractivity (Wildman–Crippen MR) is 62.4 cm³/mol. The van der Waals surface area contributed by atoms with Crippen molar-refractivity contribution in [2.24, 2.45) is 0 Å². The van der Waals surface area contributed by atoms with Crippen molar-refractivity contribution in [3.63, 3.8) is 0 Å². The molecule has 1 aromatic carbocycles. The van der Waals surface area contributed by atoms with Crippen LogP contribution in [0.2, 0.25) is 0 Å². The van der Waals surface area contributed by atoms with E-state index in [1.807, 2.05) is 0 Å². The van der Waals surface area contributed by atoms with Crippen LogP contribution >= 0.6 is 0 Å². The molecule has 1 atom stereocenters. The van der Waals surface area contributed by atoms with E-state index in [4.69, 9.17) is 0 Å². The second-order valence-corrected chi connectivity index (χ2v) is 4.52. The van der Waals surface area contributed by atoms with Crippen molar-refractivity contribution < 1.29 is 13.7 Å². The van der Waals surface area contributed by atoms with Crippen molar-refractivity contribution in [1.82, 2.24) is 5.32 Å². The first-order valence-electron chi connectivity index (χ1n) is 5.93. The molecule has 2 rings (SSSR count). The summed E-state index contributed by atoms with van der Waals surface area (Å²) in [6, 6.07) is 2.34. The summed E-state index contributed by atoms with van der Waals surface area (Å²) in [5, 5.41) is 13.9. The third-order valence-corrected chi connectivity index (χ3v) is 3.16. The van der Waals surface area contributed by atoms with Crippen LogP contribution < -0.4 is 5.32 Å². The number of benzene rings is 1. The Morgan fingerprint density at radius 2 is 2.17 bits per heavy atom. The fourth-order valence-electron chi connectivity index (χ4n) is 2.26. The molecule has 0 bridgehead atoms. The number of rotatable bonds is 3. The van der Waals surface area contributed by atoms with Gasteiger partial charge in [0.25, 0.3) is 0 Å². The Morgan fingerprint density at radius 1 is 1.39 bits per heavy atom. The normalized spacial score (nSPS) is 19.8. The van der Waals surface area contributed by atoms with Crippen LogP contribution in [0, 0.1) is 21.7 Å². The third kappa shape index (κ3) is 2.81. The van der Waals surface area contributed by atoms with Crippen molar-refractivity contribution >= 4 is 5.69 Å². The van der Waals surface area contributed by atoms with E-state index in [0.29, 0.717) is 12.0 Å². The van der Waals surface area contributed by atoms with Gasteiger partial charge in [-0.1, -0.05) is 6.42 Å². The summed E-state index contributed by atoms with van der Waals surface area (Å²) in [6.07, 6.45) is 3.63. The standard InChI is InChI=1S/C12H14F2N2O2/c13-10-6-8(5-9-3-1-2-4-15-9)7-11(12(10)14)16(17)18/h6-7,9,15H,1-5H2. The van der Waals surface area contributed by atoms with Crippen molar-refractivity contribution in [2.75, 3.05) is 6.54 Å². The lowest BCUT2D eigenvalue weighted by Gasteiger charge is -2.23. The van der Waals surface area contributed by atoms with Crippen LogP contribution in [0.5, 0.6) is 0 Å². The highest BCUT2D eigenvalue weighted by Crippen LogP contribution is 2.23. The average molecular weight is 256 g/mol. The molecule has 1 aliphatic heterocycles. The van der Waals surface area contributed by atoms with Gasteiger partial charge in [-0.3, -0.25) is 10.1 Å². The topological polar surface area (TPSA) is 55.2 Å². The molecule has 0 aliphatic carbocycles. The molecule has 6 heteroatoms. The van der Waals surface area contributed by atoms with Gasteiger partial charge in [-0.15, -0.1) is 0 Å². The number of hydrogen-bond donors (Lipinski definition) is 1. The quantitative estimate of drug-likeness (QED) is 0.668.